The minimum absolute atomic E-state index is 0.233. The fraction of sp³-hybridized carbons (Fsp3) is 0.643. The van der Waals surface area contributed by atoms with E-state index in [2.05, 4.69) is 15.3 Å². The summed E-state index contributed by atoms with van der Waals surface area (Å²) in [6, 6.07) is 0.247. The molecule has 1 aliphatic rings. The number of rotatable bonds is 4. The quantitative estimate of drug-likeness (QED) is 0.646. The number of amides is 1. The van der Waals surface area contributed by atoms with Gasteiger partial charge in [0.2, 0.25) is 0 Å². The van der Waals surface area contributed by atoms with Gasteiger partial charge in [-0.25, -0.2) is 14.8 Å². The molecule has 1 aromatic heterocycles. The summed E-state index contributed by atoms with van der Waals surface area (Å²) >= 11 is 1.59. The van der Waals surface area contributed by atoms with E-state index in [1.54, 1.807) is 16.2 Å². The van der Waals surface area contributed by atoms with Crippen LogP contribution >= 0.6 is 11.3 Å². The molecule has 2 rings (SSSR count). The first-order chi connectivity index (χ1) is 10.6. The van der Waals surface area contributed by atoms with Crippen molar-refractivity contribution in [3.63, 3.8) is 0 Å². The second-order valence-corrected chi connectivity index (χ2v) is 6.11. The van der Waals surface area contributed by atoms with Crippen LogP contribution in [-0.4, -0.2) is 47.7 Å². The van der Waals surface area contributed by atoms with Crippen LogP contribution in [0.2, 0.25) is 0 Å². The lowest BCUT2D eigenvalue weighted by molar-refractivity contribution is 0.0963. The van der Waals surface area contributed by atoms with E-state index in [-0.39, 0.29) is 12.1 Å². The van der Waals surface area contributed by atoms with Gasteiger partial charge in [-0.3, -0.25) is 0 Å². The largest absolute Gasteiger partial charge is 0.450 e. The zero-order valence-electron chi connectivity index (χ0n) is 13.0. The highest BCUT2D eigenvalue weighted by Crippen LogP contribution is 2.13. The zero-order valence-corrected chi connectivity index (χ0v) is 13.9. The van der Waals surface area contributed by atoms with Gasteiger partial charge in [-0.1, -0.05) is 0 Å². The van der Waals surface area contributed by atoms with E-state index in [1.165, 1.54) is 0 Å². The number of hydrogen-bond acceptors (Lipinski definition) is 5. The van der Waals surface area contributed by atoms with Crippen molar-refractivity contribution in [1.82, 2.24) is 15.2 Å². The van der Waals surface area contributed by atoms with Crippen molar-refractivity contribution in [2.24, 2.45) is 10.7 Å². The number of carbonyl (C=O) groups excluding carboxylic acids is 1. The number of piperidine rings is 1. The highest BCUT2D eigenvalue weighted by Gasteiger charge is 2.23. The summed E-state index contributed by atoms with van der Waals surface area (Å²) in [5.41, 5.74) is 8.75. The van der Waals surface area contributed by atoms with Gasteiger partial charge < -0.3 is 20.7 Å². The van der Waals surface area contributed by atoms with E-state index >= 15 is 0 Å². The third kappa shape index (κ3) is 4.59. The van der Waals surface area contributed by atoms with Gasteiger partial charge in [0.05, 0.1) is 24.4 Å². The van der Waals surface area contributed by atoms with Crippen LogP contribution in [0.3, 0.4) is 0 Å². The van der Waals surface area contributed by atoms with Crippen LogP contribution < -0.4 is 11.1 Å². The van der Waals surface area contributed by atoms with Crippen molar-refractivity contribution < 1.29 is 9.53 Å². The van der Waals surface area contributed by atoms with E-state index in [9.17, 15) is 4.79 Å². The fourth-order valence-corrected chi connectivity index (χ4v) is 3.01. The summed E-state index contributed by atoms with van der Waals surface area (Å²) in [4.78, 5) is 23.0. The predicted octanol–water partition coefficient (Wildman–Crippen LogP) is 1.48. The van der Waals surface area contributed by atoms with Crippen molar-refractivity contribution in [3.05, 3.63) is 16.1 Å². The Bertz CT molecular complexity index is 523. The highest BCUT2D eigenvalue weighted by molar-refractivity contribution is 7.09. The molecule has 0 spiro atoms. The van der Waals surface area contributed by atoms with Crippen LogP contribution in [0.5, 0.6) is 0 Å². The number of aromatic nitrogens is 1. The summed E-state index contributed by atoms with van der Waals surface area (Å²) in [6.45, 7) is 6.10. The Morgan fingerprint density at radius 1 is 1.59 bits per heavy atom. The maximum atomic E-state index is 11.6. The second-order valence-electron chi connectivity index (χ2n) is 5.17. The van der Waals surface area contributed by atoms with E-state index in [0.29, 0.717) is 32.2 Å². The van der Waals surface area contributed by atoms with Gasteiger partial charge >= 0.3 is 6.09 Å². The molecule has 0 bridgehead atoms. The first kappa shape index (κ1) is 16.5. The molecule has 1 aromatic rings. The maximum Gasteiger partial charge on any atom is 0.409 e. The fourth-order valence-electron chi connectivity index (χ4n) is 2.31. The molecule has 8 heteroatoms. The molecule has 7 nitrogen and oxygen atoms in total. The number of nitrogens with one attached hydrogen (secondary N) is 1. The SMILES string of the molecule is CCOC(=O)N1CCC(NC(N)=NCc2scnc2C)CC1. The number of thiazole rings is 1. The molecular formula is C14H23N5O2S. The van der Waals surface area contributed by atoms with Crippen LogP contribution in [0.15, 0.2) is 10.5 Å². The molecule has 0 saturated carbocycles. The predicted molar refractivity (Wildman–Crippen MR) is 86.9 cm³/mol. The lowest BCUT2D eigenvalue weighted by Gasteiger charge is -2.31. The summed E-state index contributed by atoms with van der Waals surface area (Å²) in [7, 11) is 0. The van der Waals surface area contributed by atoms with Crippen LogP contribution in [0.1, 0.15) is 30.3 Å². The summed E-state index contributed by atoms with van der Waals surface area (Å²) in [5.74, 6) is 0.447. The lowest BCUT2D eigenvalue weighted by Crippen LogP contribution is -2.48. The van der Waals surface area contributed by atoms with E-state index in [0.717, 1.165) is 23.4 Å². The first-order valence-electron chi connectivity index (χ1n) is 7.47. The molecule has 0 radical (unpaired) electrons. The Kier molecular flexibility index (Phi) is 6.00. The van der Waals surface area contributed by atoms with Gasteiger partial charge in [0.25, 0.3) is 0 Å². The van der Waals surface area contributed by atoms with Crippen molar-refractivity contribution in [3.8, 4) is 0 Å². The summed E-state index contributed by atoms with van der Waals surface area (Å²) in [6.07, 6.45) is 1.45. The number of likely N-dealkylation sites (tertiary alicyclic amines) is 1. The Labute approximate surface area is 134 Å². The van der Waals surface area contributed by atoms with Crippen molar-refractivity contribution in [1.29, 1.82) is 0 Å². The minimum Gasteiger partial charge on any atom is -0.450 e. The third-order valence-electron chi connectivity index (χ3n) is 3.61. The van der Waals surface area contributed by atoms with Crippen LogP contribution in [0.4, 0.5) is 4.79 Å². The number of nitrogens with zero attached hydrogens (tertiary/aromatic N) is 3. The Balaban J connectivity index is 1.75. The second kappa shape index (κ2) is 7.98. The molecule has 1 fully saturated rings. The smallest absolute Gasteiger partial charge is 0.409 e. The number of carbonyl (C=O) groups is 1. The molecule has 22 heavy (non-hydrogen) atoms. The van der Waals surface area contributed by atoms with Gasteiger partial charge in [-0.2, -0.15) is 0 Å². The normalized spacial score (nSPS) is 16.6. The Morgan fingerprint density at radius 2 is 2.32 bits per heavy atom. The number of aliphatic imine (C=N–C) groups is 1. The number of nitrogens with two attached hydrogens (primary N) is 1. The molecule has 3 N–H and O–H groups in total. The van der Waals surface area contributed by atoms with Crippen molar-refractivity contribution in [2.45, 2.75) is 39.3 Å². The van der Waals surface area contributed by atoms with E-state index < -0.39 is 0 Å². The third-order valence-corrected chi connectivity index (χ3v) is 4.53. The zero-order chi connectivity index (χ0) is 15.9. The molecule has 0 aromatic carbocycles. The van der Waals surface area contributed by atoms with Gasteiger partial charge in [0.15, 0.2) is 5.96 Å². The van der Waals surface area contributed by atoms with Gasteiger partial charge in [-0.05, 0) is 26.7 Å². The average Bonchev–Trinajstić information content (AvgIpc) is 2.91. The number of aryl methyl sites for hydroxylation is 1. The Morgan fingerprint density at radius 3 is 2.91 bits per heavy atom. The molecule has 0 atom stereocenters. The minimum atomic E-state index is -0.233. The number of hydrogen-bond donors (Lipinski definition) is 2. The molecule has 1 amide bonds. The van der Waals surface area contributed by atoms with Crippen LogP contribution in [0.25, 0.3) is 0 Å². The van der Waals surface area contributed by atoms with E-state index in [1.807, 2.05) is 19.4 Å². The van der Waals surface area contributed by atoms with Gasteiger partial charge in [0, 0.05) is 24.0 Å². The number of guanidine groups is 1. The molecule has 1 saturated heterocycles. The highest BCUT2D eigenvalue weighted by atomic mass is 32.1. The maximum absolute atomic E-state index is 11.6. The topological polar surface area (TPSA) is 92.8 Å². The van der Waals surface area contributed by atoms with E-state index in [4.69, 9.17) is 10.5 Å². The average molecular weight is 325 g/mol. The molecule has 122 valence electrons. The molecule has 0 unspecified atom stereocenters. The molecule has 2 heterocycles. The van der Waals surface area contributed by atoms with Crippen molar-refractivity contribution in [2.75, 3.05) is 19.7 Å². The molecule has 1 aliphatic heterocycles. The monoisotopic (exact) mass is 325 g/mol. The van der Waals surface area contributed by atoms with Gasteiger partial charge in [-0.15, -0.1) is 11.3 Å². The summed E-state index contributed by atoms with van der Waals surface area (Å²) in [5, 5.41) is 3.23. The first-order valence-corrected chi connectivity index (χ1v) is 8.35. The van der Waals surface area contributed by atoms with Crippen LogP contribution in [0, 0.1) is 6.92 Å². The Hall–Kier alpha value is -1.83. The van der Waals surface area contributed by atoms with Gasteiger partial charge in [0.1, 0.15) is 0 Å². The standard InChI is InChI=1S/C14H23N5O2S/c1-3-21-14(20)19-6-4-11(5-7-19)18-13(15)16-8-12-10(2)17-9-22-12/h9,11H,3-8H2,1-2H3,(H3,15,16,18). The summed E-state index contributed by atoms with van der Waals surface area (Å²) < 4.78 is 5.00. The molecular weight excluding hydrogens is 302 g/mol. The van der Waals surface area contributed by atoms with Crippen LogP contribution in [-0.2, 0) is 11.3 Å². The number of ether oxygens (including phenoxy) is 1. The van der Waals surface area contributed by atoms with Crippen molar-refractivity contribution >= 4 is 23.4 Å². The molecule has 0 aliphatic carbocycles. The lowest BCUT2D eigenvalue weighted by atomic mass is 10.1.